The van der Waals surface area contributed by atoms with E-state index in [2.05, 4.69) is 11.7 Å². The van der Waals surface area contributed by atoms with Gasteiger partial charge in [-0.1, -0.05) is 26.7 Å². The monoisotopic (exact) mass is 232 g/mol. The third-order valence-electron chi connectivity index (χ3n) is 1.59. The molecule has 0 radical (unpaired) electrons. The van der Waals surface area contributed by atoms with Crippen LogP contribution in [0, 0.1) is 5.92 Å². The fraction of sp³-hybridized carbons (Fsp3) is 0.727. The van der Waals surface area contributed by atoms with Crippen LogP contribution in [-0.4, -0.2) is 23.0 Å². The lowest BCUT2D eigenvalue weighted by Gasteiger charge is -2.03. The highest BCUT2D eigenvalue weighted by molar-refractivity contribution is 5.82. The van der Waals surface area contributed by atoms with Crippen molar-refractivity contribution in [3.05, 3.63) is 0 Å². The van der Waals surface area contributed by atoms with Crippen LogP contribution in [0.15, 0.2) is 0 Å². The van der Waals surface area contributed by atoms with Crippen molar-refractivity contribution in [2.45, 2.75) is 47.0 Å². The molecule has 0 aromatic carbocycles. The lowest BCUT2D eigenvalue weighted by Crippen LogP contribution is -2.03. The maximum Gasteiger partial charge on any atom is 0.310 e. The van der Waals surface area contributed by atoms with E-state index in [0.717, 1.165) is 12.8 Å². The number of aliphatic carboxylic acids is 1. The number of esters is 2. The number of carboxylic acid groups (broad SMARTS) is 1. The second-order valence-electron chi connectivity index (χ2n) is 3.58. The van der Waals surface area contributed by atoms with Gasteiger partial charge in [0.1, 0.15) is 0 Å². The Bertz CT molecular complexity index is 223. The molecule has 1 atom stereocenters. The highest BCUT2D eigenvalue weighted by atomic mass is 16.6. The summed E-state index contributed by atoms with van der Waals surface area (Å²) in [7, 11) is 0. The number of carboxylic acids is 1. The molecule has 16 heavy (non-hydrogen) atoms. The maximum absolute atomic E-state index is 10.1. The fourth-order valence-electron chi connectivity index (χ4n) is 1.10. The van der Waals surface area contributed by atoms with Gasteiger partial charge in [-0.3, -0.25) is 14.4 Å². The third kappa shape index (κ3) is 18.4. The number of hydrogen-bond acceptors (Lipinski definition) is 4. The minimum atomic E-state index is -0.684. The third-order valence-corrected chi connectivity index (χ3v) is 1.59. The number of carbonyl (C=O) groups excluding carboxylic acids is 2. The van der Waals surface area contributed by atoms with Crippen LogP contribution in [0.3, 0.4) is 0 Å². The lowest BCUT2D eigenvalue weighted by atomic mass is 10.0. The molecule has 0 amide bonds. The molecule has 1 unspecified atom stereocenters. The molecule has 94 valence electrons. The van der Waals surface area contributed by atoms with Crippen LogP contribution in [0.25, 0.3) is 0 Å². The van der Waals surface area contributed by atoms with Crippen LogP contribution in [0.1, 0.15) is 47.0 Å². The topological polar surface area (TPSA) is 80.7 Å². The van der Waals surface area contributed by atoms with Crippen molar-refractivity contribution in [3.8, 4) is 0 Å². The lowest BCUT2D eigenvalue weighted by molar-refractivity contribution is -0.156. The molecule has 0 aliphatic heterocycles. The molecule has 0 spiro atoms. The summed E-state index contributed by atoms with van der Waals surface area (Å²) in [4.78, 5) is 29.7. The molecular formula is C11H20O5. The predicted octanol–water partition coefficient (Wildman–Crippen LogP) is 1.99. The molecule has 5 nitrogen and oxygen atoms in total. The Hall–Kier alpha value is -1.39. The van der Waals surface area contributed by atoms with Crippen molar-refractivity contribution in [1.29, 1.82) is 0 Å². The Morgan fingerprint density at radius 1 is 1.19 bits per heavy atom. The summed E-state index contributed by atoms with van der Waals surface area (Å²) in [6.07, 6.45) is 2.41. The van der Waals surface area contributed by atoms with Gasteiger partial charge in [-0.2, -0.15) is 0 Å². The van der Waals surface area contributed by atoms with Gasteiger partial charge in [-0.25, -0.2) is 0 Å². The first-order chi connectivity index (χ1) is 7.29. The number of hydrogen-bond donors (Lipinski definition) is 1. The van der Waals surface area contributed by atoms with E-state index in [1.165, 1.54) is 13.8 Å². The second kappa shape index (κ2) is 10.1. The zero-order valence-corrected chi connectivity index (χ0v) is 10.3. The highest BCUT2D eigenvalue weighted by Crippen LogP contribution is 2.08. The smallest absolute Gasteiger partial charge is 0.310 e. The molecule has 0 aromatic heterocycles. The molecule has 0 rings (SSSR count). The first-order valence-corrected chi connectivity index (χ1v) is 5.20. The quantitative estimate of drug-likeness (QED) is 0.592. The van der Waals surface area contributed by atoms with Crippen LogP contribution in [0.4, 0.5) is 0 Å². The van der Waals surface area contributed by atoms with E-state index >= 15 is 0 Å². The van der Waals surface area contributed by atoms with E-state index < -0.39 is 17.9 Å². The minimum Gasteiger partial charge on any atom is -0.481 e. The molecule has 0 fully saturated rings. The first-order valence-electron chi connectivity index (χ1n) is 5.20. The largest absolute Gasteiger partial charge is 0.481 e. The van der Waals surface area contributed by atoms with Crippen LogP contribution in [0.2, 0.25) is 0 Å². The Morgan fingerprint density at radius 2 is 1.62 bits per heavy atom. The zero-order valence-electron chi connectivity index (χ0n) is 10.3. The van der Waals surface area contributed by atoms with Crippen molar-refractivity contribution in [3.63, 3.8) is 0 Å². The van der Waals surface area contributed by atoms with Crippen molar-refractivity contribution < 1.29 is 24.2 Å². The van der Waals surface area contributed by atoms with Gasteiger partial charge in [0.15, 0.2) is 0 Å². The Morgan fingerprint density at radius 3 is 1.81 bits per heavy atom. The van der Waals surface area contributed by atoms with Crippen LogP contribution < -0.4 is 0 Å². The van der Waals surface area contributed by atoms with Crippen LogP contribution in [-0.2, 0) is 19.1 Å². The van der Waals surface area contributed by atoms with E-state index in [0.29, 0.717) is 12.3 Å². The summed E-state index contributed by atoms with van der Waals surface area (Å²) < 4.78 is 3.97. The van der Waals surface area contributed by atoms with Gasteiger partial charge < -0.3 is 9.84 Å². The first kappa shape index (κ1) is 17.0. The highest BCUT2D eigenvalue weighted by Gasteiger charge is 2.04. The van der Waals surface area contributed by atoms with Gasteiger partial charge in [0.25, 0.3) is 0 Å². The summed E-state index contributed by atoms with van der Waals surface area (Å²) >= 11 is 0. The summed E-state index contributed by atoms with van der Waals surface area (Å²) in [6, 6.07) is 0. The normalized spacial score (nSPS) is 10.8. The Balaban J connectivity index is 0. The Kier molecular flexibility index (Phi) is 10.8. The summed E-state index contributed by atoms with van der Waals surface area (Å²) in [6.45, 7) is 6.40. The van der Waals surface area contributed by atoms with Gasteiger partial charge in [-0.05, 0) is 5.92 Å². The maximum atomic E-state index is 10.1. The number of rotatable bonds is 4. The van der Waals surface area contributed by atoms with Gasteiger partial charge in [0.05, 0.1) is 0 Å². The second-order valence-corrected chi connectivity index (χ2v) is 3.58. The number of carbonyl (C=O) groups is 3. The summed E-state index contributed by atoms with van der Waals surface area (Å²) in [5, 5.41) is 8.31. The van der Waals surface area contributed by atoms with Crippen molar-refractivity contribution >= 4 is 17.9 Å². The minimum absolute atomic E-state index is 0.313. The standard InChI is InChI=1S/C7H14O2.C4H6O3/c1-3-4-6(2)5-7(8)9;1-3(5)7-4(2)6/h6H,3-5H2,1-2H3,(H,8,9);1-2H3. The van der Waals surface area contributed by atoms with E-state index in [4.69, 9.17) is 5.11 Å². The zero-order chi connectivity index (χ0) is 13.1. The van der Waals surface area contributed by atoms with Gasteiger partial charge in [0, 0.05) is 20.3 Å². The molecule has 0 aliphatic carbocycles. The molecule has 1 N–H and O–H groups in total. The van der Waals surface area contributed by atoms with Crippen molar-refractivity contribution in [2.75, 3.05) is 0 Å². The van der Waals surface area contributed by atoms with Gasteiger partial charge >= 0.3 is 17.9 Å². The molecule has 0 bridgehead atoms. The molecule has 0 aromatic rings. The molecular weight excluding hydrogens is 212 g/mol. The summed E-state index contributed by atoms with van der Waals surface area (Å²) in [5.74, 6) is -1.47. The van der Waals surface area contributed by atoms with E-state index in [9.17, 15) is 14.4 Å². The van der Waals surface area contributed by atoms with E-state index in [1.54, 1.807) is 0 Å². The van der Waals surface area contributed by atoms with E-state index in [-0.39, 0.29) is 0 Å². The van der Waals surface area contributed by atoms with Crippen molar-refractivity contribution in [2.24, 2.45) is 5.92 Å². The van der Waals surface area contributed by atoms with Gasteiger partial charge in [0.2, 0.25) is 0 Å². The molecule has 0 saturated heterocycles. The average Bonchev–Trinajstić information content (AvgIpc) is 2.00. The molecule has 5 heteroatoms. The summed E-state index contributed by atoms with van der Waals surface area (Å²) in [5.41, 5.74) is 0. The molecule has 0 saturated carbocycles. The van der Waals surface area contributed by atoms with E-state index in [1.807, 2.05) is 6.92 Å². The fourth-order valence-corrected chi connectivity index (χ4v) is 1.10. The van der Waals surface area contributed by atoms with Crippen LogP contribution >= 0.6 is 0 Å². The Labute approximate surface area is 95.8 Å². The van der Waals surface area contributed by atoms with Crippen LogP contribution in [0.5, 0.6) is 0 Å². The SMILES string of the molecule is CC(=O)OC(C)=O.CCCC(C)CC(=O)O. The van der Waals surface area contributed by atoms with Gasteiger partial charge in [-0.15, -0.1) is 0 Å². The predicted molar refractivity (Wildman–Crippen MR) is 58.8 cm³/mol. The molecule has 0 aliphatic rings. The molecule has 0 heterocycles. The number of ether oxygens (including phenoxy) is 1. The van der Waals surface area contributed by atoms with Crippen molar-refractivity contribution in [1.82, 2.24) is 0 Å². The average molecular weight is 232 g/mol.